The maximum absolute atomic E-state index is 12.1. The predicted octanol–water partition coefficient (Wildman–Crippen LogP) is 1.57. The summed E-state index contributed by atoms with van der Waals surface area (Å²) < 4.78 is 31.6. The lowest BCUT2D eigenvalue weighted by Crippen LogP contribution is -2.23. The highest BCUT2D eigenvalue weighted by Crippen LogP contribution is 2.20. The molecular weight excluding hydrogens is 302 g/mol. The van der Waals surface area contributed by atoms with E-state index in [9.17, 15) is 8.42 Å². The third kappa shape index (κ3) is 3.37. The van der Waals surface area contributed by atoms with Crippen LogP contribution in [0.5, 0.6) is 0 Å². The van der Waals surface area contributed by atoms with E-state index in [1.54, 1.807) is 13.0 Å². The Morgan fingerprint density at radius 1 is 1.40 bits per heavy atom. The third-order valence-corrected chi connectivity index (χ3v) is 4.43. The second-order valence-electron chi connectivity index (χ2n) is 4.22. The number of hydrogen-bond acceptors (Lipinski definition) is 5. The fourth-order valence-corrected chi connectivity index (χ4v) is 2.86. The molecule has 8 heteroatoms. The summed E-state index contributed by atoms with van der Waals surface area (Å²) in [4.78, 5) is 0.110. The van der Waals surface area contributed by atoms with Crippen molar-refractivity contribution in [3.63, 3.8) is 0 Å². The Bertz CT molecular complexity index is 712. The molecule has 0 radical (unpaired) electrons. The van der Waals surface area contributed by atoms with Crippen LogP contribution in [-0.4, -0.2) is 13.6 Å². The normalized spacial score (nSPS) is 11.8. The highest BCUT2D eigenvalue weighted by molar-refractivity contribution is 7.89. The molecule has 20 heavy (non-hydrogen) atoms. The summed E-state index contributed by atoms with van der Waals surface area (Å²) in [5, 5.41) is 4.13. The summed E-state index contributed by atoms with van der Waals surface area (Å²) in [5.41, 5.74) is 6.77. The maximum Gasteiger partial charge on any atom is 0.240 e. The van der Waals surface area contributed by atoms with E-state index in [-0.39, 0.29) is 18.0 Å². The number of nitrogens with zero attached hydrogens (tertiary/aromatic N) is 1. The summed E-state index contributed by atoms with van der Waals surface area (Å²) in [6.45, 7) is 1.96. The van der Waals surface area contributed by atoms with Crippen LogP contribution in [-0.2, 0) is 23.1 Å². The van der Waals surface area contributed by atoms with Gasteiger partial charge >= 0.3 is 0 Å². The Hall–Kier alpha value is -1.41. The number of nitrogens with one attached hydrogen (secondary N) is 1. The standard InChI is InChI=1S/C12H14ClN3O3S/c1-8-4-10(19-16-8)7-15-20(17,18)11-2-3-12(13)9(5-11)6-14/h2-5,15H,6-7,14H2,1H3. The lowest BCUT2D eigenvalue weighted by molar-refractivity contribution is 0.377. The van der Waals surface area contributed by atoms with Gasteiger partial charge in [-0.3, -0.25) is 0 Å². The van der Waals surface area contributed by atoms with Crippen LogP contribution < -0.4 is 10.5 Å². The zero-order valence-electron chi connectivity index (χ0n) is 10.8. The molecule has 0 aliphatic carbocycles. The molecule has 0 saturated carbocycles. The van der Waals surface area contributed by atoms with Crippen molar-refractivity contribution >= 4 is 21.6 Å². The number of aryl methyl sites for hydroxylation is 1. The number of hydrogen-bond donors (Lipinski definition) is 2. The minimum atomic E-state index is -3.65. The van der Waals surface area contributed by atoms with Gasteiger partial charge in [0.1, 0.15) is 0 Å². The van der Waals surface area contributed by atoms with Crippen LogP contribution in [0.15, 0.2) is 33.7 Å². The van der Waals surface area contributed by atoms with Gasteiger partial charge in [-0.25, -0.2) is 13.1 Å². The summed E-state index contributed by atoms with van der Waals surface area (Å²) in [6, 6.07) is 6.05. The highest BCUT2D eigenvalue weighted by Gasteiger charge is 2.16. The number of benzene rings is 1. The summed E-state index contributed by atoms with van der Waals surface area (Å²) >= 11 is 5.90. The Kier molecular flexibility index (Phi) is 4.44. The van der Waals surface area contributed by atoms with Crippen molar-refractivity contribution in [2.45, 2.75) is 24.9 Å². The second kappa shape index (κ2) is 5.92. The van der Waals surface area contributed by atoms with Gasteiger partial charge < -0.3 is 10.3 Å². The monoisotopic (exact) mass is 315 g/mol. The van der Waals surface area contributed by atoms with Crippen LogP contribution in [0.1, 0.15) is 17.0 Å². The first kappa shape index (κ1) is 15.0. The average Bonchev–Trinajstić information content (AvgIpc) is 2.83. The van der Waals surface area contributed by atoms with E-state index >= 15 is 0 Å². The van der Waals surface area contributed by atoms with Crippen LogP contribution in [0.4, 0.5) is 0 Å². The van der Waals surface area contributed by atoms with Gasteiger partial charge in [0, 0.05) is 17.6 Å². The zero-order chi connectivity index (χ0) is 14.8. The van der Waals surface area contributed by atoms with E-state index in [2.05, 4.69) is 9.88 Å². The molecule has 2 aromatic rings. The average molecular weight is 316 g/mol. The predicted molar refractivity (Wildman–Crippen MR) is 74.6 cm³/mol. The lowest BCUT2D eigenvalue weighted by Gasteiger charge is -2.07. The van der Waals surface area contributed by atoms with Gasteiger partial charge in [0.05, 0.1) is 17.1 Å². The van der Waals surface area contributed by atoms with Crippen LogP contribution in [0.3, 0.4) is 0 Å². The van der Waals surface area contributed by atoms with Crippen molar-refractivity contribution in [2.75, 3.05) is 0 Å². The highest BCUT2D eigenvalue weighted by atomic mass is 35.5. The topological polar surface area (TPSA) is 98.2 Å². The Balaban J connectivity index is 2.17. The molecule has 6 nitrogen and oxygen atoms in total. The molecule has 1 aromatic heterocycles. The smallest absolute Gasteiger partial charge is 0.240 e. The molecular formula is C12H14ClN3O3S. The van der Waals surface area contributed by atoms with Gasteiger partial charge in [-0.15, -0.1) is 0 Å². The molecule has 1 aromatic carbocycles. The van der Waals surface area contributed by atoms with Gasteiger partial charge in [-0.1, -0.05) is 16.8 Å². The van der Waals surface area contributed by atoms with E-state index in [4.69, 9.17) is 21.9 Å². The fourth-order valence-electron chi connectivity index (χ4n) is 1.62. The van der Waals surface area contributed by atoms with Crippen LogP contribution in [0, 0.1) is 6.92 Å². The summed E-state index contributed by atoms with van der Waals surface area (Å²) in [5.74, 6) is 0.444. The van der Waals surface area contributed by atoms with Gasteiger partial charge in [0.15, 0.2) is 5.76 Å². The second-order valence-corrected chi connectivity index (χ2v) is 6.39. The van der Waals surface area contributed by atoms with Crippen molar-refractivity contribution < 1.29 is 12.9 Å². The number of halogens is 1. The molecule has 0 unspecified atom stereocenters. The molecule has 0 bridgehead atoms. The molecule has 108 valence electrons. The van der Waals surface area contributed by atoms with Gasteiger partial charge in [0.25, 0.3) is 0 Å². The molecule has 2 rings (SSSR count). The van der Waals surface area contributed by atoms with E-state index in [0.717, 1.165) is 0 Å². The number of aromatic nitrogens is 1. The molecule has 0 amide bonds. The largest absolute Gasteiger partial charge is 0.360 e. The van der Waals surface area contributed by atoms with Gasteiger partial charge in [-0.05, 0) is 30.7 Å². The summed E-state index contributed by atoms with van der Waals surface area (Å²) in [6.07, 6.45) is 0. The van der Waals surface area contributed by atoms with Gasteiger partial charge in [0.2, 0.25) is 10.0 Å². The van der Waals surface area contributed by atoms with E-state index in [0.29, 0.717) is 22.0 Å². The van der Waals surface area contributed by atoms with Crippen LogP contribution >= 0.6 is 11.6 Å². The van der Waals surface area contributed by atoms with E-state index < -0.39 is 10.0 Å². The number of sulfonamides is 1. The third-order valence-electron chi connectivity index (χ3n) is 2.66. The van der Waals surface area contributed by atoms with Crippen molar-refractivity contribution in [2.24, 2.45) is 5.73 Å². The molecule has 0 atom stereocenters. The Morgan fingerprint density at radius 2 is 2.15 bits per heavy atom. The number of nitrogens with two attached hydrogens (primary N) is 1. The minimum absolute atomic E-state index is 0.0315. The molecule has 0 spiro atoms. The van der Waals surface area contributed by atoms with Crippen molar-refractivity contribution in [1.29, 1.82) is 0 Å². The first-order valence-electron chi connectivity index (χ1n) is 5.83. The van der Waals surface area contributed by atoms with Crippen molar-refractivity contribution in [3.05, 3.63) is 46.3 Å². The molecule has 0 saturated heterocycles. The first-order valence-corrected chi connectivity index (χ1v) is 7.69. The fraction of sp³-hybridized carbons (Fsp3) is 0.250. The van der Waals surface area contributed by atoms with E-state index in [1.807, 2.05) is 0 Å². The Labute approximate surface area is 122 Å². The molecule has 1 heterocycles. The molecule has 3 N–H and O–H groups in total. The van der Waals surface area contributed by atoms with Crippen LogP contribution in [0.25, 0.3) is 0 Å². The SMILES string of the molecule is Cc1cc(CNS(=O)(=O)c2ccc(Cl)c(CN)c2)on1. The van der Waals surface area contributed by atoms with Crippen molar-refractivity contribution in [3.8, 4) is 0 Å². The quantitative estimate of drug-likeness (QED) is 0.872. The number of rotatable bonds is 5. The first-order chi connectivity index (χ1) is 9.42. The molecule has 0 aliphatic rings. The maximum atomic E-state index is 12.1. The van der Waals surface area contributed by atoms with Crippen molar-refractivity contribution in [1.82, 2.24) is 9.88 Å². The van der Waals surface area contributed by atoms with Gasteiger partial charge in [-0.2, -0.15) is 0 Å². The molecule has 0 fully saturated rings. The minimum Gasteiger partial charge on any atom is -0.360 e. The van der Waals surface area contributed by atoms with Crippen LogP contribution in [0.2, 0.25) is 5.02 Å². The lowest BCUT2D eigenvalue weighted by atomic mass is 10.2. The summed E-state index contributed by atoms with van der Waals surface area (Å²) in [7, 11) is -3.65. The van der Waals surface area contributed by atoms with E-state index in [1.165, 1.54) is 18.2 Å². The Morgan fingerprint density at radius 3 is 2.75 bits per heavy atom. The molecule has 0 aliphatic heterocycles. The zero-order valence-corrected chi connectivity index (χ0v) is 12.3.